The number of aliphatic hydroxyl groups excluding tert-OH is 2. The van der Waals surface area contributed by atoms with Crippen LogP contribution in [0.25, 0.3) is 0 Å². The Labute approximate surface area is 526 Å². The number of ether oxygens (including phenoxy) is 1. The van der Waals surface area contributed by atoms with Gasteiger partial charge in [-0.25, -0.2) is 0 Å². The van der Waals surface area contributed by atoms with Crippen molar-refractivity contribution in [2.75, 3.05) is 13.2 Å². The summed E-state index contributed by atoms with van der Waals surface area (Å²) >= 11 is 0. The molecule has 6 heteroatoms. The summed E-state index contributed by atoms with van der Waals surface area (Å²) in [6.07, 6.45) is 94.4. The Bertz CT molecular complexity index is 1320. The molecule has 498 valence electrons. The minimum absolute atomic E-state index is 0.0138. The van der Waals surface area contributed by atoms with E-state index in [2.05, 4.69) is 31.3 Å². The highest BCUT2D eigenvalue weighted by Crippen LogP contribution is 2.20. The molecule has 0 saturated heterocycles. The molecule has 6 nitrogen and oxygen atoms in total. The second kappa shape index (κ2) is 73.8. The van der Waals surface area contributed by atoms with Crippen LogP contribution in [0.3, 0.4) is 0 Å². The van der Waals surface area contributed by atoms with Crippen LogP contribution in [0, 0.1) is 0 Å². The van der Waals surface area contributed by atoms with Gasteiger partial charge < -0.3 is 20.3 Å². The normalized spacial score (nSPS) is 12.6. The van der Waals surface area contributed by atoms with Crippen molar-refractivity contribution < 1.29 is 24.5 Å². The van der Waals surface area contributed by atoms with Gasteiger partial charge >= 0.3 is 5.97 Å². The molecule has 2 unspecified atom stereocenters. The molecular formula is C78H151NO5. The second-order valence-corrected chi connectivity index (χ2v) is 26.7. The number of hydrogen-bond acceptors (Lipinski definition) is 5. The number of allylic oxidation sites excluding steroid dienone is 3. The quantitative estimate of drug-likeness (QED) is 0.0320. The lowest BCUT2D eigenvalue weighted by Crippen LogP contribution is -2.45. The van der Waals surface area contributed by atoms with Crippen molar-refractivity contribution in [3.8, 4) is 0 Å². The van der Waals surface area contributed by atoms with Crippen LogP contribution in [0.1, 0.15) is 438 Å². The van der Waals surface area contributed by atoms with Crippen LogP contribution in [0.15, 0.2) is 24.3 Å². The lowest BCUT2D eigenvalue weighted by molar-refractivity contribution is -0.143. The molecule has 0 aromatic heterocycles. The highest BCUT2D eigenvalue weighted by Gasteiger charge is 2.18. The van der Waals surface area contributed by atoms with Gasteiger partial charge in [0.1, 0.15) is 0 Å². The predicted molar refractivity (Wildman–Crippen MR) is 370 cm³/mol. The van der Waals surface area contributed by atoms with Gasteiger partial charge in [-0.15, -0.1) is 0 Å². The maximum absolute atomic E-state index is 12.5. The Kier molecular flexibility index (Phi) is 72.3. The number of carbonyl (C=O) groups excluding carboxylic acids is 2. The molecule has 0 radical (unpaired) electrons. The molecule has 0 heterocycles. The van der Waals surface area contributed by atoms with Gasteiger partial charge in [-0.2, -0.15) is 0 Å². The molecule has 0 rings (SSSR count). The topological polar surface area (TPSA) is 95.9 Å². The molecule has 0 saturated carbocycles. The number of rotatable bonds is 73. The Morgan fingerprint density at radius 3 is 0.857 bits per heavy atom. The highest BCUT2D eigenvalue weighted by atomic mass is 16.5. The van der Waals surface area contributed by atoms with Crippen LogP contribution in [-0.4, -0.2) is 47.4 Å². The summed E-state index contributed by atoms with van der Waals surface area (Å²) in [6, 6.07) is -0.624. The van der Waals surface area contributed by atoms with Crippen molar-refractivity contribution in [2.24, 2.45) is 0 Å². The van der Waals surface area contributed by atoms with E-state index in [0.29, 0.717) is 19.4 Å². The Morgan fingerprint density at radius 2 is 0.560 bits per heavy atom. The van der Waals surface area contributed by atoms with E-state index in [4.69, 9.17) is 4.74 Å². The number of aliphatic hydroxyl groups is 2. The fraction of sp³-hybridized carbons (Fsp3) is 0.923. The van der Waals surface area contributed by atoms with E-state index >= 15 is 0 Å². The first-order valence-corrected chi connectivity index (χ1v) is 38.6. The monoisotopic (exact) mass is 1180 g/mol. The number of hydrogen-bond donors (Lipinski definition) is 3. The molecule has 0 aromatic carbocycles. The van der Waals surface area contributed by atoms with Crippen molar-refractivity contribution in [1.29, 1.82) is 0 Å². The average molecular weight is 1180 g/mol. The first kappa shape index (κ1) is 82.3. The maximum Gasteiger partial charge on any atom is 0.305 e. The fourth-order valence-corrected chi connectivity index (χ4v) is 12.3. The maximum atomic E-state index is 12.5. The van der Waals surface area contributed by atoms with Gasteiger partial charge in [-0.3, -0.25) is 9.59 Å². The fourth-order valence-electron chi connectivity index (χ4n) is 12.3. The molecule has 0 aliphatic carbocycles. The Balaban J connectivity index is 3.33. The van der Waals surface area contributed by atoms with Gasteiger partial charge in [0.15, 0.2) is 0 Å². The molecule has 0 aliphatic rings. The van der Waals surface area contributed by atoms with Crippen molar-refractivity contribution in [3.05, 3.63) is 24.3 Å². The third-order valence-electron chi connectivity index (χ3n) is 18.2. The van der Waals surface area contributed by atoms with Crippen LogP contribution in [0.5, 0.6) is 0 Å². The van der Waals surface area contributed by atoms with Crippen LogP contribution >= 0.6 is 0 Å². The number of nitrogens with one attached hydrogen (secondary N) is 1. The molecule has 84 heavy (non-hydrogen) atoms. The smallest absolute Gasteiger partial charge is 0.305 e. The summed E-state index contributed by atoms with van der Waals surface area (Å²) < 4.78 is 5.49. The third kappa shape index (κ3) is 69.4. The molecule has 0 aliphatic heterocycles. The first-order valence-electron chi connectivity index (χ1n) is 38.6. The van der Waals surface area contributed by atoms with Gasteiger partial charge in [0.25, 0.3) is 0 Å². The number of carbonyl (C=O) groups is 2. The standard InChI is InChI=1S/C78H151NO5/c1-3-5-7-9-11-13-15-17-18-19-37-40-43-47-50-54-58-62-66-70-76(81)75(74-80)79-77(82)71-67-63-59-55-51-48-44-41-38-35-33-31-29-27-25-23-21-20-22-24-26-28-30-32-34-36-39-42-45-49-53-57-61-65-69-73-84-78(83)72-68-64-60-56-52-46-16-14-12-10-8-6-4-2/h14,16,66,70,75-76,80-81H,3-13,15,17-65,67-69,71-74H2,1-2H3,(H,79,82)/b16-14-,70-66+. The van der Waals surface area contributed by atoms with E-state index < -0.39 is 12.1 Å². The molecule has 0 aromatic rings. The van der Waals surface area contributed by atoms with Crippen LogP contribution in [0.2, 0.25) is 0 Å². The van der Waals surface area contributed by atoms with Gasteiger partial charge in [0.05, 0.1) is 25.4 Å². The van der Waals surface area contributed by atoms with Gasteiger partial charge in [0.2, 0.25) is 5.91 Å². The van der Waals surface area contributed by atoms with Crippen molar-refractivity contribution >= 4 is 11.9 Å². The van der Waals surface area contributed by atoms with E-state index in [1.807, 2.05) is 6.08 Å². The number of unbranched alkanes of at least 4 members (excludes halogenated alkanes) is 60. The summed E-state index contributed by atoms with van der Waals surface area (Å²) in [6.45, 7) is 4.93. The third-order valence-corrected chi connectivity index (χ3v) is 18.2. The van der Waals surface area contributed by atoms with Crippen LogP contribution < -0.4 is 5.32 Å². The highest BCUT2D eigenvalue weighted by molar-refractivity contribution is 5.76. The second-order valence-electron chi connectivity index (χ2n) is 26.7. The summed E-state index contributed by atoms with van der Waals surface area (Å²) in [5, 5.41) is 23.3. The van der Waals surface area contributed by atoms with Gasteiger partial charge in [-0.05, 0) is 57.8 Å². The van der Waals surface area contributed by atoms with Crippen molar-refractivity contribution in [1.82, 2.24) is 5.32 Å². The SMILES string of the molecule is CCCCCC/C=C\CCCCCCCC(=O)OCCCCCCCCCCCCCCCCCCCCCCCCCCCCCCCCCCCCCC(=O)NC(CO)C(O)/C=C/CCCCCCCCCCCCCCCCCCC. The zero-order valence-corrected chi connectivity index (χ0v) is 57.2. The van der Waals surface area contributed by atoms with Crippen molar-refractivity contribution in [3.63, 3.8) is 0 Å². The van der Waals surface area contributed by atoms with Crippen LogP contribution in [0.4, 0.5) is 0 Å². The summed E-state index contributed by atoms with van der Waals surface area (Å²) in [4.78, 5) is 24.6. The minimum Gasteiger partial charge on any atom is -0.466 e. The lowest BCUT2D eigenvalue weighted by atomic mass is 10.0. The van der Waals surface area contributed by atoms with E-state index in [0.717, 1.165) is 44.9 Å². The van der Waals surface area contributed by atoms with Crippen LogP contribution in [-0.2, 0) is 14.3 Å². The molecule has 1 amide bonds. The number of amides is 1. The first-order chi connectivity index (χ1) is 41.5. The van der Waals surface area contributed by atoms with Gasteiger partial charge in [-0.1, -0.05) is 391 Å². The summed E-state index contributed by atoms with van der Waals surface area (Å²) in [5.41, 5.74) is 0. The lowest BCUT2D eigenvalue weighted by Gasteiger charge is -2.20. The molecule has 0 spiro atoms. The summed E-state index contributed by atoms with van der Waals surface area (Å²) in [7, 11) is 0. The molecule has 0 fully saturated rings. The Morgan fingerprint density at radius 1 is 0.321 bits per heavy atom. The summed E-state index contributed by atoms with van der Waals surface area (Å²) in [5.74, 6) is -0.0446. The van der Waals surface area contributed by atoms with E-state index in [1.54, 1.807) is 6.08 Å². The zero-order chi connectivity index (χ0) is 60.6. The average Bonchev–Trinajstić information content (AvgIpc) is 3.51. The van der Waals surface area contributed by atoms with E-state index in [9.17, 15) is 19.8 Å². The van der Waals surface area contributed by atoms with E-state index in [1.165, 1.54) is 366 Å². The molecule has 2 atom stereocenters. The van der Waals surface area contributed by atoms with E-state index in [-0.39, 0.29) is 18.5 Å². The minimum atomic E-state index is -0.841. The van der Waals surface area contributed by atoms with Gasteiger partial charge in [0, 0.05) is 12.8 Å². The van der Waals surface area contributed by atoms with Crippen molar-refractivity contribution in [2.45, 2.75) is 450 Å². The zero-order valence-electron chi connectivity index (χ0n) is 57.2. The molecule has 3 N–H and O–H groups in total. The molecular weight excluding hydrogens is 1030 g/mol. The largest absolute Gasteiger partial charge is 0.466 e. The Hall–Kier alpha value is -1.66. The molecule has 0 bridgehead atoms. The number of esters is 1. The predicted octanol–water partition coefficient (Wildman–Crippen LogP) is 25.3.